The first-order valence-electron chi connectivity index (χ1n) is 9.76. The summed E-state index contributed by atoms with van der Waals surface area (Å²) in [6.07, 6.45) is -2.46. The predicted octanol–water partition coefficient (Wildman–Crippen LogP) is 4.38. The number of hydrogen-bond donors (Lipinski definition) is 1. The van der Waals surface area contributed by atoms with Gasteiger partial charge in [-0.3, -0.25) is 10.2 Å². The zero-order valence-corrected chi connectivity index (χ0v) is 17.9. The second-order valence-electron chi connectivity index (χ2n) is 7.80. The maximum absolute atomic E-state index is 13.3. The zero-order chi connectivity index (χ0) is 21.6. The quantitative estimate of drug-likeness (QED) is 0.685. The fourth-order valence-corrected chi connectivity index (χ4v) is 3.99. The van der Waals surface area contributed by atoms with Gasteiger partial charge in [-0.2, -0.15) is 13.2 Å². The van der Waals surface area contributed by atoms with Crippen LogP contribution in [0.4, 0.5) is 13.2 Å². The lowest BCUT2D eigenvalue weighted by Gasteiger charge is -2.36. The van der Waals surface area contributed by atoms with Gasteiger partial charge in [0.05, 0.1) is 16.1 Å². The molecule has 0 saturated heterocycles. The van der Waals surface area contributed by atoms with E-state index in [-0.39, 0.29) is 42.3 Å². The molecule has 1 saturated carbocycles. The monoisotopic (exact) mass is 483 g/mol. The van der Waals surface area contributed by atoms with Crippen LogP contribution in [0.5, 0.6) is 5.75 Å². The van der Waals surface area contributed by atoms with Gasteiger partial charge in [-0.1, -0.05) is 0 Å². The molecule has 9 heteroatoms. The van der Waals surface area contributed by atoms with Crippen molar-refractivity contribution in [3.63, 3.8) is 0 Å². The van der Waals surface area contributed by atoms with E-state index in [0.29, 0.717) is 22.3 Å². The molecule has 2 aromatic rings. The first kappa shape index (κ1) is 21.0. The third-order valence-corrected chi connectivity index (χ3v) is 6.04. The number of aromatic nitrogens is 1. The van der Waals surface area contributed by atoms with Gasteiger partial charge in [0.1, 0.15) is 16.9 Å². The summed E-state index contributed by atoms with van der Waals surface area (Å²) >= 11 is 3.30. The number of ether oxygens (including phenoxy) is 1. The van der Waals surface area contributed by atoms with Crippen LogP contribution in [0, 0.1) is 5.41 Å². The lowest BCUT2D eigenvalue weighted by Crippen LogP contribution is -2.50. The van der Waals surface area contributed by atoms with E-state index in [9.17, 15) is 18.0 Å². The van der Waals surface area contributed by atoms with Crippen molar-refractivity contribution in [3.8, 4) is 5.75 Å². The Labute approximate surface area is 180 Å². The first-order chi connectivity index (χ1) is 14.1. The van der Waals surface area contributed by atoms with Crippen LogP contribution in [0.2, 0.25) is 0 Å². The molecule has 0 bridgehead atoms. The Balaban J connectivity index is 1.56. The van der Waals surface area contributed by atoms with Crippen molar-refractivity contribution in [2.24, 2.45) is 0 Å². The van der Waals surface area contributed by atoms with Crippen molar-refractivity contribution in [1.29, 1.82) is 5.41 Å². The van der Waals surface area contributed by atoms with E-state index in [1.165, 1.54) is 0 Å². The number of pyridine rings is 1. The van der Waals surface area contributed by atoms with Gasteiger partial charge in [0, 0.05) is 19.1 Å². The molecule has 1 aliphatic carbocycles. The number of alkyl halides is 3. The van der Waals surface area contributed by atoms with Crippen molar-refractivity contribution < 1.29 is 22.7 Å². The summed E-state index contributed by atoms with van der Waals surface area (Å²) in [5.41, 5.74) is 0.379. The van der Waals surface area contributed by atoms with Crippen LogP contribution in [-0.2, 0) is 19.1 Å². The molecule has 1 N–H and O–H groups in total. The zero-order valence-electron chi connectivity index (χ0n) is 16.3. The van der Waals surface area contributed by atoms with E-state index in [0.717, 1.165) is 25.0 Å². The van der Waals surface area contributed by atoms with E-state index in [4.69, 9.17) is 10.1 Å². The maximum atomic E-state index is 13.3. The Bertz CT molecular complexity index is 1050. The molecule has 0 spiro atoms. The normalized spacial score (nSPS) is 19.0. The summed E-state index contributed by atoms with van der Waals surface area (Å²) in [5, 5.41) is 8.15. The van der Waals surface area contributed by atoms with Gasteiger partial charge in [-0.25, -0.2) is 0 Å². The van der Waals surface area contributed by atoms with Gasteiger partial charge in [0.25, 0.3) is 5.91 Å². The number of amides is 1. The Hall–Kier alpha value is -2.29. The second-order valence-corrected chi connectivity index (χ2v) is 8.66. The molecule has 1 unspecified atom stereocenters. The summed E-state index contributed by atoms with van der Waals surface area (Å²) in [7, 11) is 0. The molecule has 2 aliphatic rings. The van der Waals surface area contributed by atoms with Crippen LogP contribution in [0.25, 0.3) is 0 Å². The number of hydrogen-bond acceptors (Lipinski definition) is 3. The molecule has 0 radical (unpaired) electrons. The van der Waals surface area contributed by atoms with E-state index in [2.05, 4.69) is 15.9 Å². The van der Waals surface area contributed by atoms with Gasteiger partial charge in [-0.05, 0) is 78.0 Å². The van der Waals surface area contributed by atoms with Crippen molar-refractivity contribution in [2.45, 2.75) is 51.1 Å². The highest BCUT2D eigenvalue weighted by molar-refractivity contribution is 9.10. The van der Waals surface area contributed by atoms with E-state index in [1.807, 2.05) is 6.92 Å². The average molecular weight is 484 g/mol. The van der Waals surface area contributed by atoms with Gasteiger partial charge in [0.2, 0.25) is 0 Å². The highest BCUT2D eigenvalue weighted by atomic mass is 79.9. The Morgan fingerprint density at radius 3 is 2.63 bits per heavy atom. The average Bonchev–Trinajstić information content (AvgIpc) is 3.48. The van der Waals surface area contributed by atoms with Crippen LogP contribution < -0.4 is 10.2 Å². The number of halogens is 4. The first-order valence-corrected chi connectivity index (χ1v) is 10.6. The van der Waals surface area contributed by atoms with E-state index < -0.39 is 11.7 Å². The van der Waals surface area contributed by atoms with Gasteiger partial charge in [0.15, 0.2) is 0 Å². The SMILES string of the molecule is CC1Cn2c(ccc(Br)c2=N)C(=O)N1CCc1cc(OC2CC2)cc(C(F)(F)F)c1. The lowest BCUT2D eigenvalue weighted by atomic mass is 10.0. The molecule has 30 heavy (non-hydrogen) atoms. The number of carbonyl (C=O) groups excluding carboxylic acids is 1. The molecule has 1 aromatic heterocycles. The summed E-state index contributed by atoms with van der Waals surface area (Å²) in [5.74, 6) is 0.00104. The Morgan fingerprint density at radius 1 is 1.23 bits per heavy atom. The third kappa shape index (κ3) is 4.26. The molecule has 1 aliphatic heterocycles. The van der Waals surface area contributed by atoms with E-state index in [1.54, 1.807) is 27.7 Å². The summed E-state index contributed by atoms with van der Waals surface area (Å²) in [4.78, 5) is 14.6. The summed E-state index contributed by atoms with van der Waals surface area (Å²) < 4.78 is 47.8. The van der Waals surface area contributed by atoms with Crippen LogP contribution in [0.15, 0.2) is 34.8 Å². The molecular weight excluding hydrogens is 463 g/mol. The van der Waals surface area contributed by atoms with Crippen molar-refractivity contribution in [3.05, 3.63) is 57.1 Å². The van der Waals surface area contributed by atoms with E-state index >= 15 is 0 Å². The van der Waals surface area contributed by atoms with Gasteiger partial charge in [-0.15, -0.1) is 0 Å². The number of nitrogens with one attached hydrogen (secondary N) is 1. The topological polar surface area (TPSA) is 58.3 Å². The van der Waals surface area contributed by atoms with Crippen molar-refractivity contribution in [1.82, 2.24) is 9.47 Å². The second kappa shape index (κ2) is 7.76. The molecule has 4 rings (SSSR count). The molecular formula is C21H21BrF3N3O2. The summed E-state index contributed by atoms with van der Waals surface area (Å²) in [6.45, 7) is 2.62. The Morgan fingerprint density at radius 2 is 1.97 bits per heavy atom. The minimum absolute atomic E-state index is 0.00283. The predicted molar refractivity (Wildman–Crippen MR) is 107 cm³/mol. The van der Waals surface area contributed by atoms with Gasteiger partial charge < -0.3 is 14.2 Å². The fourth-order valence-electron chi connectivity index (χ4n) is 3.64. The number of carbonyl (C=O) groups is 1. The van der Waals surface area contributed by atoms with Crippen LogP contribution >= 0.6 is 15.9 Å². The van der Waals surface area contributed by atoms with Crippen LogP contribution in [-0.4, -0.2) is 34.1 Å². The molecule has 1 fully saturated rings. The third-order valence-electron chi connectivity index (χ3n) is 5.40. The largest absolute Gasteiger partial charge is 0.490 e. The van der Waals surface area contributed by atoms with Crippen molar-refractivity contribution in [2.75, 3.05) is 6.54 Å². The standard InChI is InChI=1S/C21H21BrF3N3O2/c1-12-11-28-18(5-4-17(22)19(28)26)20(29)27(12)7-6-13-8-14(21(23,24)25)10-16(9-13)30-15-2-3-15/h4-5,8-10,12,15,26H,2-3,6-7,11H2,1H3. The molecule has 5 nitrogen and oxygen atoms in total. The van der Waals surface area contributed by atoms with Gasteiger partial charge >= 0.3 is 6.18 Å². The number of nitrogens with zero attached hydrogens (tertiary/aromatic N) is 2. The lowest BCUT2D eigenvalue weighted by molar-refractivity contribution is -0.137. The van der Waals surface area contributed by atoms with Crippen LogP contribution in [0.3, 0.4) is 0 Å². The minimum atomic E-state index is -4.46. The van der Waals surface area contributed by atoms with Crippen molar-refractivity contribution >= 4 is 21.8 Å². The Kier molecular flexibility index (Phi) is 5.42. The molecule has 160 valence electrons. The fraction of sp³-hybridized carbons (Fsp3) is 0.429. The highest BCUT2D eigenvalue weighted by Gasteiger charge is 2.33. The van der Waals surface area contributed by atoms with Crippen LogP contribution in [0.1, 0.15) is 41.4 Å². The molecule has 2 heterocycles. The smallest absolute Gasteiger partial charge is 0.416 e. The molecule has 1 aromatic carbocycles. The molecule has 1 amide bonds. The number of benzene rings is 1. The molecule has 1 atom stereocenters. The number of rotatable bonds is 5. The highest BCUT2D eigenvalue weighted by Crippen LogP contribution is 2.35. The number of fused-ring (bicyclic) bond motifs is 1. The summed E-state index contributed by atoms with van der Waals surface area (Å²) in [6, 6.07) is 6.94. The maximum Gasteiger partial charge on any atom is 0.416 e. The minimum Gasteiger partial charge on any atom is -0.490 e.